The molecule has 1 aliphatic carbocycles. The molecule has 94 valence electrons. The van der Waals surface area contributed by atoms with Gasteiger partial charge in [-0.05, 0) is 25.3 Å². The average Bonchev–Trinajstić information content (AvgIpc) is 2.45. The van der Waals surface area contributed by atoms with Crippen LogP contribution in [0, 0.1) is 12.3 Å². The third-order valence-corrected chi connectivity index (χ3v) is 3.13. The molecule has 0 spiro atoms. The zero-order chi connectivity index (χ0) is 12.6. The van der Waals surface area contributed by atoms with Gasteiger partial charge in [-0.25, -0.2) is 0 Å². The fourth-order valence-corrected chi connectivity index (χ4v) is 2.14. The third kappa shape index (κ3) is 3.65. The second-order valence-corrected chi connectivity index (χ2v) is 4.46. The van der Waals surface area contributed by atoms with Gasteiger partial charge in [0, 0.05) is 18.2 Å². The maximum atomic E-state index is 5.54. The Morgan fingerprint density at radius 1 is 1.33 bits per heavy atom. The Kier molecular flexibility index (Phi) is 4.87. The highest BCUT2D eigenvalue weighted by Gasteiger charge is 2.10. The average molecular weight is 241 g/mol. The van der Waals surface area contributed by atoms with Gasteiger partial charge in [0.05, 0.1) is 0 Å². The van der Waals surface area contributed by atoms with Crippen LogP contribution in [-0.2, 0) is 6.54 Å². The smallest absolute Gasteiger partial charge is 0.148 e. The summed E-state index contributed by atoms with van der Waals surface area (Å²) in [5.74, 6) is 3.38. The molecule has 0 saturated heterocycles. The third-order valence-electron chi connectivity index (χ3n) is 3.13. The molecule has 0 fully saturated rings. The summed E-state index contributed by atoms with van der Waals surface area (Å²) in [6.45, 7) is 1.16. The van der Waals surface area contributed by atoms with Crippen molar-refractivity contribution in [2.24, 2.45) is 0 Å². The summed E-state index contributed by atoms with van der Waals surface area (Å²) in [5, 5.41) is 3.57. The minimum atomic E-state index is 0.323. The lowest BCUT2D eigenvalue weighted by Gasteiger charge is -2.20. The Morgan fingerprint density at radius 3 is 3.00 bits per heavy atom. The van der Waals surface area contributed by atoms with E-state index >= 15 is 0 Å². The van der Waals surface area contributed by atoms with Crippen LogP contribution in [0.25, 0.3) is 0 Å². The highest BCUT2D eigenvalue weighted by Crippen LogP contribution is 2.19. The first-order chi connectivity index (χ1) is 8.90. The van der Waals surface area contributed by atoms with E-state index in [1.807, 2.05) is 18.2 Å². The molecular formula is C16H19NO. The van der Waals surface area contributed by atoms with E-state index in [9.17, 15) is 0 Å². The molecule has 2 heteroatoms. The molecule has 0 amide bonds. The first-order valence-electron chi connectivity index (χ1n) is 6.42. The molecule has 1 N–H and O–H groups in total. The zero-order valence-corrected chi connectivity index (χ0v) is 10.6. The molecule has 0 radical (unpaired) electrons. The van der Waals surface area contributed by atoms with Crippen LogP contribution in [0.4, 0.5) is 0 Å². The molecule has 1 aromatic rings. The monoisotopic (exact) mass is 241 g/mol. The lowest BCUT2D eigenvalue weighted by atomic mass is 10.0. The number of ether oxygens (including phenoxy) is 1. The van der Waals surface area contributed by atoms with Gasteiger partial charge >= 0.3 is 0 Å². The van der Waals surface area contributed by atoms with Gasteiger partial charge in [-0.2, -0.15) is 0 Å². The van der Waals surface area contributed by atoms with Gasteiger partial charge in [0.2, 0.25) is 0 Å². The predicted molar refractivity (Wildman–Crippen MR) is 74.4 cm³/mol. The minimum Gasteiger partial charge on any atom is -0.481 e. The Hall–Kier alpha value is -1.72. The summed E-state index contributed by atoms with van der Waals surface area (Å²) in [4.78, 5) is 0. The van der Waals surface area contributed by atoms with Crippen LogP contribution in [0.5, 0.6) is 5.75 Å². The van der Waals surface area contributed by atoms with Crippen LogP contribution in [0.3, 0.4) is 0 Å². The number of nitrogens with one attached hydrogen (secondary N) is 1. The van der Waals surface area contributed by atoms with E-state index in [1.165, 1.54) is 18.4 Å². The van der Waals surface area contributed by atoms with Gasteiger partial charge in [-0.3, -0.25) is 0 Å². The minimum absolute atomic E-state index is 0.323. The van der Waals surface area contributed by atoms with E-state index in [2.05, 4.69) is 29.5 Å². The highest BCUT2D eigenvalue weighted by molar-refractivity contribution is 5.33. The van der Waals surface area contributed by atoms with Crippen LogP contribution in [0.2, 0.25) is 0 Å². The Morgan fingerprint density at radius 2 is 2.22 bits per heavy atom. The van der Waals surface area contributed by atoms with Crippen molar-refractivity contribution in [1.82, 2.24) is 5.32 Å². The predicted octanol–water partition coefficient (Wildman–Crippen LogP) is 2.90. The van der Waals surface area contributed by atoms with Gasteiger partial charge in [0.15, 0.2) is 0 Å². The summed E-state index contributed by atoms with van der Waals surface area (Å²) in [5.41, 5.74) is 1.17. The summed E-state index contributed by atoms with van der Waals surface area (Å²) >= 11 is 0. The van der Waals surface area contributed by atoms with E-state index in [-0.39, 0.29) is 0 Å². The van der Waals surface area contributed by atoms with Crippen molar-refractivity contribution in [2.75, 3.05) is 6.61 Å². The van der Waals surface area contributed by atoms with Crippen molar-refractivity contribution in [3.8, 4) is 18.1 Å². The Balaban J connectivity index is 1.91. The molecule has 18 heavy (non-hydrogen) atoms. The highest BCUT2D eigenvalue weighted by atomic mass is 16.5. The normalized spacial score (nSPS) is 18.3. The first kappa shape index (κ1) is 12.7. The lowest BCUT2D eigenvalue weighted by Crippen LogP contribution is -2.29. The standard InChI is InChI=1S/C16H19NO/c1-2-12-18-16-11-7-6-8-14(16)13-17-15-9-4-3-5-10-15/h1,3-4,6-8,11,15,17H,5,9-10,12-13H2. The molecule has 0 heterocycles. The number of rotatable bonds is 5. The molecule has 0 bridgehead atoms. The second-order valence-electron chi connectivity index (χ2n) is 4.46. The fourth-order valence-electron chi connectivity index (χ4n) is 2.14. The van der Waals surface area contributed by atoms with Crippen molar-refractivity contribution in [3.63, 3.8) is 0 Å². The van der Waals surface area contributed by atoms with Crippen LogP contribution < -0.4 is 10.1 Å². The van der Waals surface area contributed by atoms with E-state index < -0.39 is 0 Å². The molecule has 2 rings (SSSR count). The zero-order valence-electron chi connectivity index (χ0n) is 10.6. The van der Waals surface area contributed by atoms with Gasteiger partial charge < -0.3 is 10.1 Å². The molecule has 0 saturated carbocycles. The second kappa shape index (κ2) is 6.88. The van der Waals surface area contributed by atoms with E-state index in [0.29, 0.717) is 12.6 Å². The quantitative estimate of drug-likeness (QED) is 0.632. The van der Waals surface area contributed by atoms with Gasteiger partial charge in [-0.1, -0.05) is 36.3 Å². The topological polar surface area (TPSA) is 21.3 Å². The van der Waals surface area contributed by atoms with Crippen molar-refractivity contribution < 1.29 is 4.74 Å². The van der Waals surface area contributed by atoms with Crippen molar-refractivity contribution >= 4 is 0 Å². The van der Waals surface area contributed by atoms with Crippen LogP contribution >= 0.6 is 0 Å². The summed E-state index contributed by atoms with van der Waals surface area (Å²) in [6.07, 6.45) is 13.2. The molecule has 0 aromatic heterocycles. The Labute approximate surface area is 109 Å². The van der Waals surface area contributed by atoms with Gasteiger partial charge in [0.25, 0.3) is 0 Å². The van der Waals surface area contributed by atoms with Crippen molar-refractivity contribution in [3.05, 3.63) is 42.0 Å². The first-order valence-corrected chi connectivity index (χ1v) is 6.42. The van der Waals surface area contributed by atoms with Gasteiger partial charge in [0.1, 0.15) is 12.4 Å². The van der Waals surface area contributed by atoms with Crippen LogP contribution in [-0.4, -0.2) is 12.6 Å². The number of terminal acetylenes is 1. The number of hydrogen-bond acceptors (Lipinski definition) is 2. The summed E-state index contributed by atoms with van der Waals surface area (Å²) in [6, 6.07) is 8.63. The molecular weight excluding hydrogens is 222 g/mol. The maximum Gasteiger partial charge on any atom is 0.148 e. The fraction of sp³-hybridized carbons (Fsp3) is 0.375. The number of hydrogen-bond donors (Lipinski definition) is 1. The largest absolute Gasteiger partial charge is 0.481 e. The molecule has 1 atom stereocenters. The number of benzene rings is 1. The molecule has 1 unspecified atom stereocenters. The van der Waals surface area contributed by atoms with Crippen molar-refractivity contribution in [1.29, 1.82) is 0 Å². The molecule has 1 aliphatic rings. The molecule has 0 aliphatic heterocycles. The van der Waals surface area contributed by atoms with Gasteiger partial charge in [-0.15, -0.1) is 6.42 Å². The summed E-state index contributed by atoms with van der Waals surface area (Å²) in [7, 11) is 0. The molecule has 2 nitrogen and oxygen atoms in total. The number of para-hydroxylation sites is 1. The van der Waals surface area contributed by atoms with E-state index in [4.69, 9.17) is 11.2 Å². The molecule has 1 aromatic carbocycles. The van der Waals surface area contributed by atoms with E-state index in [0.717, 1.165) is 18.7 Å². The van der Waals surface area contributed by atoms with Crippen LogP contribution in [0.15, 0.2) is 36.4 Å². The summed E-state index contributed by atoms with van der Waals surface area (Å²) < 4.78 is 5.54. The van der Waals surface area contributed by atoms with Crippen molar-refractivity contribution in [2.45, 2.75) is 31.8 Å². The SMILES string of the molecule is C#CCOc1ccccc1CNC1CC=CCC1. The Bertz CT molecular complexity index is 445. The lowest BCUT2D eigenvalue weighted by molar-refractivity contribution is 0.362. The van der Waals surface area contributed by atoms with E-state index in [1.54, 1.807) is 0 Å². The maximum absolute atomic E-state index is 5.54. The van der Waals surface area contributed by atoms with Crippen LogP contribution in [0.1, 0.15) is 24.8 Å². The number of allylic oxidation sites excluding steroid dienone is 1.